The molecule has 4 rings (SSSR count). The Kier molecular flexibility index (Phi) is 3.71. The van der Waals surface area contributed by atoms with Crippen LogP contribution in [-0.2, 0) is 11.8 Å². The summed E-state index contributed by atoms with van der Waals surface area (Å²) < 4.78 is 15.1. The lowest BCUT2D eigenvalue weighted by Crippen LogP contribution is -2.19. The second kappa shape index (κ2) is 5.68. The van der Waals surface area contributed by atoms with Gasteiger partial charge in [-0.3, -0.25) is 9.48 Å². The molecule has 0 bridgehead atoms. The van der Waals surface area contributed by atoms with Crippen LogP contribution in [-0.4, -0.2) is 15.7 Å². The summed E-state index contributed by atoms with van der Waals surface area (Å²) in [6.45, 7) is 4.24. The van der Waals surface area contributed by atoms with Crippen LogP contribution < -0.4 is 5.32 Å². The molecular formula is C20H24FN3O. The minimum Gasteiger partial charge on any atom is -0.309 e. The van der Waals surface area contributed by atoms with Crippen LogP contribution in [0.4, 0.5) is 10.2 Å². The molecule has 0 unspecified atom stereocenters. The maximum Gasteiger partial charge on any atom is 0.229 e. The molecule has 1 heterocycles. The van der Waals surface area contributed by atoms with Gasteiger partial charge in [-0.1, -0.05) is 20.3 Å². The first-order valence-electron chi connectivity index (χ1n) is 9.00. The number of hydrogen-bond donors (Lipinski definition) is 1. The highest BCUT2D eigenvalue weighted by molar-refractivity contribution is 5.95. The number of anilines is 1. The lowest BCUT2D eigenvalue weighted by atomic mass is 9.79. The number of rotatable bonds is 4. The fourth-order valence-electron chi connectivity index (χ4n) is 3.78. The third-order valence-electron chi connectivity index (χ3n) is 5.79. The predicted octanol–water partition coefficient (Wildman–Crippen LogP) is 4.48. The Morgan fingerprint density at radius 1 is 1.28 bits per heavy atom. The number of amides is 1. The van der Waals surface area contributed by atoms with Crippen molar-refractivity contribution in [2.75, 3.05) is 5.32 Å². The molecule has 1 N–H and O–H groups in total. The molecule has 132 valence electrons. The van der Waals surface area contributed by atoms with E-state index in [0.717, 1.165) is 36.1 Å². The maximum atomic E-state index is 13.3. The van der Waals surface area contributed by atoms with Crippen LogP contribution in [0.25, 0.3) is 11.3 Å². The second-order valence-corrected chi connectivity index (χ2v) is 8.10. The van der Waals surface area contributed by atoms with Gasteiger partial charge in [0.25, 0.3) is 0 Å². The Balaban J connectivity index is 1.71. The van der Waals surface area contributed by atoms with E-state index in [0.29, 0.717) is 11.7 Å². The van der Waals surface area contributed by atoms with Gasteiger partial charge in [-0.25, -0.2) is 4.39 Å². The number of benzene rings is 1. The molecule has 2 aliphatic rings. The van der Waals surface area contributed by atoms with Gasteiger partial charge in [0.05, 0.1) is 5.69 Å². The Morgan fingerprint density at radius 2 is 1.92 bits per heavy atom. The number of nitrogens with one attached hydrogen (secondary N) is 1. The van der Waals surface area contributed by atoms with Crippen LogP contribution in [0.5, 0.6) is 0 Å². The highest BCUT2D eigenvalue weighted by Gasteiger charge is 2.51. The average molecular weight is 341 g/mol. The Labute approximate surface area is 147 Å². The fourth-order valence-corrected chi connectivity index (χ4v) is 3.78. The summed E-state index contributed by atoms with van der Waals surface area (Å²) in [6, 6.07) is 6.50. The Bertz CT molecular complexity index is 818. The number of aromatic nitrogens is 2. The summed E-state index contributed by atoms with van der Waals surface area (Å²) in [4.78, 5) is 12.6. The zero-order valence-corrected chi connectivity index (χ0v) is 15.0. The zero-order chi connectivity index (χ0) is 17.8. The van der Waals surface area contributed by atoms with Crippen molar-refractivity contribution in [2.24, 2.45) is 18.4 Å². The summed E-state index contributed by atoms with van der Waals surface area (Å²) >= 11 is 0. The van der Waals surface area contributed by atoms with E-state index in [2.05, 4.69) is 24.3 Å². The monoisotopic (exact) mass is 341 g/mol. The molecule has 25 heavy (non-hydrogen) atoms. The Hall–Kier alpha value is -2.17. The van der Waals surface area contributed by atoms with Crippen molar-refractivity contribution >= 4 is 11.7 Å². The highest BCUT2D eigenvalue weighted by atomic mass is 19.1. The number of carbonyl (C=O) groups excluding carboxylic acids is 1. The molecule has 1 aromatic carbocycles. The summed E-state index contributed by atoms with van der Waals surface area (Å²) in [5, 5.41) is 7.68. The average Bonchev–Trinajstić information content (AvgIpc) is 3.04. The number of halogens is 1. The maximum absolute atomic E-state index is 13.3. The van der Waals surface area contributed by atoms with E-state index in [1.54, 1.807) is 12.1 Å². The van der Waals surface area contributed by atoms with Crippen molar-refractivity contribution in [1.82, 2.24) is 9.78 Å². The predicted molar refractivity (Wildman–Crippen MR) is 95.7 cm³/mol. The van der Waals surface area contributed by atoms with Gasteiger partial charge in [-0.2, -0.15) is 5.10 Å². The van der Waals surface area contributed by atoms with Crippen molar-refractivity contribution in [3.8, 4) is 11.3 Å². The van der Waals surface area contributed by atoms with E-state index in [9.17, 15) is 9.18 Å². The van der Waals surface area contributed by atoms with Gasteiger partial charge in [-0.05, 0) is 54.9 Å². The van der Waals surface area contributed by atoms with Crippen LogP contribution in [0.1, 0.15) is 51.0 Å². The van der Waals surface area contributed by atoms with Crippen molar-refractivity contribution in [3.05, 3.63) is 35.6 Å². The fraction of sp³-hybridized carbons (Fsp3) is 0.500. The van der Waals surface area contributed by atoms with Crippen LogP contribution in [0, 0.1) is 17.2 Å². The summed E-state index contributed by atoms with van der Waals surface area (Å²) in [6.07, 6.45) is 4.34. The highest BCUT2D eigenvalue weighted by Crippen LogP contribution is 2.52. The number of nitrogens with zero attached hydrogens (tertiary/aromatic N) is 2. The molecule has 1 atom stereocenters. The molecule has 2 aliphatic carbocycles. The minimum atomic E-state index is -0.249. The molecule has 2 saturated carbocycles. The molecule has 2 fully saturated rings. The van der Waals surface area contributed by atoms with Crippen LogP contribution >= 0.6 is 0 Å². The molecule has 0 saturated heterocycles. The van der Waals surface area contributed by atoms with E-state index >= 15 is 0 Å². The third-order valence-corrected chi connectivity index (χ3v) is 5.79. The van der Waals surface area contributed by atoms with Gasteiger partial charge in [0.2, 0.25) is 5.91 Å². The van der Waals surface area contributed by atoms with Gasteiger partial charge < -0.3 is 5.32 Å². The topological polar surface area (TPSA) is 46.9 Å². The van der Waals surface area contributed by atoms with Gasteiger partial charge in [0.1, 0.15) is 5.82 Å². The van der Waals surface area contributed by atoms with Crippen LogP contribution in [0.2, 0.25) is 0 Å². The number of hydrogen-bond acceptors (Lipinski definition) is 2. The Morgan fingerprint density at radius 3 is 2.44 bits per heavy atom. The van der Waals surface area contributed by atoms with Gasteiger partial charge >= 0.3 is 0 Å². The van der Waals surface area contributed by atoms with Crippen LogP contribution in [0.15, 0.2) is 24.3 Å². The minimum absolute atomic E-state index is 0.0642. The first-order valence-corrected chi connectivity index (χ1v) is 9.00. The quantitative estimate of drug-likeness (QED) is 0.891. The molecule has 0 aliphatic heterocycles. The molecule has 5 heteroatoms. The lowest BCUT2D eigenvalue weighted by molar-refractivity contribution is -0.118. The molecule has 4 nitrogen and oxygen atoms in total. The molecule has 1 amide bonds. The smallest absolute Gasteiger partial charge is 0.229 e. The second-order valence-electron chi connectivity index (χ2n) is 8.10. The van der Waals surface area contributed by atoms with Crippen molar-refractivity contribution in [1.29, 1.82) is 0 Å². The van der Waals surface area contributed by atoms with Gasteiger partial charge in [-0.15, -0.1) is 0 Å². The van der Waals surface area contributed by atoms with Crippen molar-refractivity contribution in [2.45, 2.75) is 45.4 Å². The number of carbonyl (C=O) groups is 1. The summed E-state index contributed by atoms with van der Waals surface area (Å²) in [7, 11) is 1.89. The number of aryl methyl sites for hydroxylation is 1. The largest absolute Gasteiger partial charge is 0.309 e. The van der Waals surface area contributed by atoms with Crippen molar-refractivity contribution in [3.63, 3.8) is 0 Å². The lowest BCUT2D eigenvalue weighted by Gasteiger charge is -2.27. The van der Waals surface area contributed by atoms with E-state index < -0.39 is 0 Å². The third kappa shape index (κ3) is 2.86. The van der Waals surface area contributed by atoms with Crippen molar-refractivity contribution < 1.29 is 9.18 Å². The first kappa shape index (κ1) is 16.3. The zero-order valence-electron chi connectivity index (χ0n) is 15.0. The first-order chi connectivity index (χ1) is 11.9. The molecule has 2 aromatic rings. The van der Waals surface area contributed by atoms with E-state index in [4.69, 9.17) is 0 Å². The molecular weight excluding hydrogens is 317 g/mol. The van der Waals surface area contributed by atoms with E-state index in [-0.39, 0.29) is 23.1 Å². The standard InChI is InChI=1S/C20H24FN3O/c1-20(2)11-15(20)19(25)22-18-16(12-5-4-6-12)17(24(3)23-18)13-7-9-14(21)10-8-13/h7-10,12,15H,4-6,11H2,1-3H3,(H,22,23,25)/t15-/m1/s1. The SMILES string of the molecule is Cn1nc(NC(=O)[C@H]2CC2(C)C)c(C2CCC2)c1-c1ccc(F)cc1. The molecule has 0 radical (unpaired) electrons. The van der Waals surface area contributed by atoms with Crippen LogP contribution in [0.3, 0.4) is 0 Å². The summed E-state index contributed by atoms with van der Waals surface area (Å²) in [5.74, 6) is 0.975. The summed E-state index contributed by atoms with van der Waals surface area (Å²) in [5.41, 5.74) is 3.11. The molecule has 1 aromatic heterocycles. The normalized spacial score (nSPS) is 21.7. The molecule has 0 spiro atoms. The van der Waals surface area contributed by atoms with Gasteiger partial charge in [0.15, 0.2) is 5.82 Å². The van der Waals surface area contributed by atoms with E-state index in [1.165, 1.54) is 18.6 Å². The van der Waals surface area contributed by atoms with Gasteiger partial charge in [0, 0.05) is 24.1 Å². The van der Waals surface area contributed by atoms with E-state index in [1.807, 2.05) is 11.7 Å².